The van der Waals surface area contributed by atoms with Gasteiger partial charge in [-0.2, -0.15) is 0 Å². The zero-order chi connectivity index (χ0) is 4.99. The smallest absolute Gasteiger partial charge is 0.122 e. The van der Waals surface area contributed by atoms with Gasteiger partial charge >= 0.3 is 0 Å². The fraction of sp³-hybridized carbons (Fsp3) is 0.500. The quantitative estimate of drug-likeness (QED) is 0.472. The molecule has 0 aliphatic rings. The second-order valence-electron chi connectivity index (χ2n) is 1.06. The lowest BCUT2D eigenvalue weighted by molar-refractivity contribution is -0.109. The molecule has 0 bridgehead atoms. The number of hydrogen-bond acceptors (Lipinski definition) is 2. The second-order valence-corrected chi connectivity index (χ2v) is 1.06. The van der Waals surface area contributed by atoms with Crippen LogP contribution in [0.3, 0.4) is 0 Å². The maximum atomic E-state index is 9.42. The maximum Gasteiger partial charge on any atom is 0.122 e. The summed E-state index contributed by atoms with van der Waals surface area (Å²) in [6.07, 6.45) is 0.0556. The van der Waals surface area contributed by atoms with E-state index in [4.69, 9.17) is 5.11 Å². The van der Waals surface area contributed by atoms with E-state index < -0.39 is 6.10 Å². The molecule has 35 valence electrons. The van der Waals surface area contributed by atoms with Crippen molar-refractivity contribution in [2.45, 2.75) is 12.5 Å². The number of carbonyl (C=O) groups excluding carboxylic acids is 1. The molecule has 1 unspecified atom stereocenters. The Morgan fingerprint density at radius 1 is 2.00 bits per heavy atom. The number of aliphatic hydroxyl groups excluding tert-OH is 1. The Bertz CT molecular complexity index is 40.8. The van der Waals surface area contributed by atoms with E-state index in [0.29, 0.717) is 6.29 Å². The zero-order valence-electron chi connectivity index (χ0n) is 3.42. The third-order valence-electron chi connectivity index (χ3n) is 0.368. The molecule has 1 N–H and O–H groups in total. The molecule has 0 saturated heterocycles. The first kappa shape index (κ1) is 5.63. The fourth-order valence-corrected chi connectivity index (χ4v) is 0.111. The van der Waals surface area contributed by atoms with Crippen LogP contribution in [-0.2, 0) is 4.79 Å². The monoisotopic (exact) mass is 87.0 g/mol. The summed E-state index contributed by atoms with van der Waals surface area (Å²) < 4.78 is 0. The summed E-state index contributed by atoms with van der Waals surface area (Å²) in [7, 11) is 0. The highest BCUT2D eigenvalue weighted by Crippen LogP contribution is 1.79. The molecule has 6 heavy (non-hydrogen) atoms. The molecule has 0 aliphatic heterocycles. The number of carbonyl (C=O) groups is 1. The zero-order valence-corrected chi connectivity index (χ0v) is 3.42. The maximum absolute atomic E-state index is 9.42. The molecule has 0 heterocycles. The summed E-state index contributed by atoms with van der Waals surface area (Å²) in [5.41, 5.74) is 0. The molecule has 2 heteroatoms. The summed E-state index contributed by atoms with van der Waals surface area (Å²) >= 11 is 0. The molecule has 1 atom stereocenters. The van der Waals surface area contributed by atoms with E-state index in [9.17, 15) is 4.79 Å². The molecule has 2 nitrogen and oxygen atoms in total. The fourth-order valence-electron chi connectivity index (χ4n) is 0.111. The SMILES string of the molecule is [CH2]C(O)CC=O. The van der Waals surface area contributed by atoms with E-state index >= 15 is 0 Å². The lowest BCUT2D eigenvalue weighted by Crippen LogP contribution is -1.98. The standard InChI is InChI=1S/C4H7O2/c1-4(6)2-3-5/h3-4,6H,1-2H2. The minimum Gasteiger partial charge on any atom is -0.393 e. The van der Waals surface area contributed by atoms with Crippen LogP contribution in [0.2, 0.25) is 0 Å². The Hall–Kier alpha value is -0.370. The minimum atomic E-state index is -0.720. The number of aliphatic hydroxyl groups is 1. The van der Waals surface area contributed by atoms with Crippen LogP contribution in [0.4, 0.5) is 0 Å². The Labute approximate surface area is 36.8 Å². The van der Waals surface area contributed by atoms with Crippen molar-refractivity contribution < 1.29 is 9.90 Å². The van der Waals surface area contributed by atoms with Gasteiger partial charge in [-0.05, 0) is 6.92 Å². The van der Waals surface area contributed by atoms with Crippen LogP contribution in [0.1, 0.15) is 6.42 Å². The van der Waals surface area contributed by atoms with Gasteiger partial charge in [0.1, 0.15) is 6.29 Å². The molecule has 0 spiro atoms. The van der Waals surface area contributed by atoms with Crippen molar-refractivity contribution in [2.24, 2.45) is 0 Å². The molecule has 0 amide bonds. The first-order valence-corrected chi connectivity index (χ1v) is 1.72. The van der Waals surface area contributed by atoms with Gasteiger partial charge in [-0.25, -0.2) is 0 Å². The van der Waals surface area contributed by atoms with Crippen molar-refractivity contribution in [2.75, 3.05) is 0 Å². The van der Waals surface area contributed by atoms with Crippen LogP contribution in [-0.4, -0.2) is 17.5 Å². The minimum absolute atomic E-state index is 0.139. The molecular weight excluding hydrogens is 80.0 g/mol. The largest absolute Gasteiger partial charge is 0.393 e. The molecule has 0 saturated carbocycles. The highest BCUT2D eigenvalue weighted by atomic mass is 16.3. The summed E-state index contributed by atoms with van der Waals surface area (Å²) in [5, 5.41) is 8.21. The predicted molar refractivity (Wildman–Crippen MR) is 22.0 cm³/mol. The van der Waals surface area contributed by atoms with E-state index in [-0.39, 0.29) is 6.42 Å². The van der Waals surface area contributed by atoms with Gasteiger partial charge in [0.15, 0.2) is 0 Å². The van der Waals surface area contributed by atoms with Gasteiger partial charge in [-0.1, -0.05) is 0 Å². The highest BCUT2D eigenvalue weighted by Gasteiger charge is 1.87. The lowest BCUT2D eigenvalue weighted by Gasteiger charge is -1.89. The van der Waals surface area contributed by atoms with Gasteiger partial charge in [-0.3, -0.25) is 0 Å². The van der Waals surface area contributed by atoms with Gasteiger partial charge in [0.05, 0.1) is 6.10 Å². The van der Waals surface area contributed by atoms with Crippen LogP contribution in [0.25, 0.3) is 0 Å². The number of hydrogen-bond donors (Lipinski definition) is 1. The van der Waals surface area contributed by atoms with E-state index in [2.05, 4.69) is 6.92 Å². The van der Waals surface area contributed by atoms with Gasteiger partial charge in [-0.15, -0.1) is 0 Å². The van der Waals surface area contributed by atoms with Gasteiger partial charge < -0.3 is 9.90 Å². The summed E-state index contributed by atoms with van der Waals surface area (Å²) in [6, 6.07) is 0. The number of aldehydes is 1. The van der Waals surface area contributed by atoms with Crippen LogP contribution < -0.4 is 0 Å². The van der Waals surface area contributed by atoms with Gasteiger partial charge in [0, 0.05) is 6.42 Å². The van der Waals surface area contributed by atoms with Crippen molar-refractivity contribution in [3.05, 3.63) is 6.92 Å². The first-order valence-electron chi connectivity index (χ1n) is 1.72. The lowest BCUT2D eigenvalue weighted by atomic mass is 10.3. The first-order chi connectivity index (χ1) is 2.77. The normalized spacial score (nSPS) is 13.7. The van der Waals surface area contributed by atoms with E-state index in [1.165, 1.54) is 0 Å². The third-order valence-corrected chi connectivity index (χ3v) is 0.368. The summed E-state index contributed by atoms with van der Waals surface area (Å²) in [6.45, 7) is 3.15. The molecular formula is C4H7O2. The molecule has 1 radical (unpaired) electrons. The Morgan fingerprint density at radius 2 is 2.50 bits per heavy atom. The Morgan fingerprint density at radius 3 is 2.50 bits per heavy atom. The third kappa shape index (κ3) is 3.63. The van der Waals surface area contributed by atoms with E-state index in [1.807, 2.05) is 0 Å². The molecule has 0 fully saturated rings. The average molecular weight is 87.1 g/mol. The van der Waals surface area contributed by atoms with Crippen LogP contribution >= 0.6 is 0 Å². The van der Waals surface area contributed by atoms with Gasteiger partial charge in [0.25, 0.3) is 0 Å². The molecule has 0 aromatic rings. The Kier molecular flexibility index (Phi) is 2.67. The van der Waals surface area contributed by atoms with Crippen molar-refractivity contribution in [1.82, 2.24) is 0 Å². The van der Waals surface area contributed by atoms with E-state index in [1.54, 1.807) is 0 Å². The average Bonchev–Trinajstić information content (AvgIpc) is 1.35. The molecule has 0 rings (SSSR count). The van der Waals surface area contributed by atoms with Crippen molar-refractivity contribution in [1.29, 1.82) is 0 Å². The van der Waals surface area contributed by atoms with Crippen LogP contribution in [0.15, 0.2) is 0 Å². The van der Waals surface area contributed by atoms with E-state index in [0.717, 1.165) is 0 Å². The van der Waals surface area contributed by atoms with Crippen molar-refractivity contribution in [3.63, 3.8) is 0 Å². The topological polar surface area (TPSA) is 37.3 Å². The predicted octanol–water partition coefficient (Wildman–Crippen LogP) is -0.230. The summed E-state index contributed by atoms with van der Waals surface area (Å²) in [4.78, 5) is 9.42. The van der Waals surface area contributed by atoms with Crippen molar-refractivity contribution in [3.8, 4) is 0 Å². The van der Waals surface area contributed by atoms with Crippen LogP contribution in [0, 0.1) is 6.92 Å². The Balaban J connectivity index is 2.81. The number of rotatable bonds is 2. The highest BCUT2D eigenvalue weighted by molar-refractivity contribution is 5.50. The van der Waals surface area contributed by atoms with Crippen LogP contribution in [0.5, 0.6) is 0 Å². The van der Waals surface area contributed by atoms with Crippen molar-refractivity contribution >= 4 is 6.29 Å². The second kappa shape index (κ2) is 2.85. The summed E-state index contributed by atoms with van der Waals surface area (Å²) in [5.74, 6) is 0. The molecule has 0 aliphatic carbocycles. The van der Waals surface area contributed by atoms with Gasteiger partial charge in [0.2, 0.25) is 0 Å². The molecule has 0 aromatic heterocycles. The molecule has 0 aromatic carbocycles.